The number of halogens is 4. The average Bonchev–Trinajstić information content (AvgIpc) is 3.69. The smallest absolute Gasteiger partial charge is 0.280 e. The summed E-state index contributed by atoms with van der Waals surface area (Å²) < 4.78 is 69.4. The first-order chi connectivity index (χ1) is 17.5. The molecule has 2 aromatic carbocycles. The first-order valence-electron chi connectivity index (χ1n) is 11.7. The van der Waals surface area contributed by atoms with Gasteiger partial charge in [-0.3, -0.25) is 14.5 Å². The maximum Gasteiger partial charge on any atom is 0.280 e. The van der Waals surface area contributed by atoms with Gasteiger partial charge in [-0.2, -0.15) is 17.4 Å². The van der Waals surface area contributed by atoms with Crippen molar-refractivity contribution in [2.75, 3.05) is 24.5 Å². The minimum Gasteiger partial charge on any atom is -0.351 e. The van der Waals surface area contributed by atoms with E-state index in [1.807, 2.05) is 0 Å². The Hall–Kier alpha value is -2.67. The van der Waals surface area contributed by atoms with Crippen LogP contribution in [0, 0.1) is 5.82 Å². The summed E-state index contributed by atoms with van der Waals surface area (Å²) in [6, 6.07) is 9.18. The number of hydrogen-bond acceptors (Lipinski definition) is 4. The minimum atomic E-state index is -3.89. The van der Waals surface area contributed by atoms with Crippen LogP contribution >= 0.6 is 11.6 Å². The Morgan fingerprint density at radius 1 is 1.11 bits per heavy atom. The molecule has 2 N–H and O–H groups in total. The van der Waals surface area contributed by atoms with Crippen LogP contribution in [0.15, 0.2) is 48.5 Å². The number of carbonyl (C=O) groups is 2. The lowest BCUT2D eigenvalue weighted by atomic mass is 9.91. The van der Waals surface area contributed by atoms with E-state index in [0.29, 0.717) is 13.1 Å². The number of nitrogens with zero attached hydrogens (tertiary/aromatic N) is 2. The molecular formula is C24H26ClF3N4O4S. The third kappa shape index (κ3) is 6.81. The van der Waals surface area contributed by atoms with Gasteiger partial charge in [0.2, 0.25) is 17.7 Å². The summed E-state index contributed by atoms with van der Waals surface area (Å²) in [7, 11) is -3.89. The fourth-order valence-corrected chi connectivity index (χ4v) is 5.52. The molecule has 0 bridgehead atoms. The molecule has 2 amide bonds. The molecule has 0 aromatic heterocycles. The van der Waals surface area contributed by atoms with E-state index in [2.05, 4.69) is 10.0 Å². The third-order valence-electron chi connectivity index (χ3n) is 6.28. The highest BCUT2D eigenvalue weighted by atomic mass is 35.5. The molecular weight excluding hydrogens is 533 g/mol. The quantitative estimate of drug-likeness (QED) is 0.461. The molecule has 8 nitrogen and oxygen atoms in total. The first kappa shape index (κ1) is 27.4. The zero-order chi connectivity index (χ0) is 26.8. The highest BCUT2D eigenvalue weighted by molar-refractivity contribution is 7.87. The van der Waals surface area contributed by atoms with Crippen molar-refractivity contribution < 1.29 is 31.2 Å². The van der Waals surface area contributed by atoms with Crippen LogP contribution in [0.4, 0.5) is 18.9 Å². The second kappa shape index (κ2) is 11.0. The van der Waals surface area contributed by atoms with E-state index >= 15 is 0 Å². The molecule has 1 aliphatic heterocycles. The minimum absolute atomic E-state index is 0.00817. The molecule has 0 spiro atoms. The summed E-state index contributed by atoms with van der Waals surface area (Å²) in [5.74, 6) is -5.05. The van der Waals surface area contributed by atoms with Crippen LogP contribution in [-0.2, 0) is 19.8 Å². The normalized spacial score (nSPS) is 18.7. The van der Waals surface area contributed by atoms with Crippen LogP contribution < -0.4 is 14.9 Å². The van der Waals surface area contributed by atoms with Gasteiger partial charge in [0.05, 0.1) is 6.54 Å². The maximum atomic E-state index is 14.2. The number of carbonyl (C=O) groups excluding carboxylic acids is 2. The molecule has 1 aliphatic carbocycles. The summed E-state index contributed by atoms with van der Waals surface area (Å²) in [4.78, 5) is 28.1. The molecule has 2 aliphatic rings. The van der Waals surface area contributed by atoms with E-state index in [-0.39, 0.29) is 42.0 Å². The number of amides is 2. The van der Waals surface area contributed by atoms with Crippen molar-refractivity contribution in [2.45, 2.75) is 43.7 Å². The van der Waals surface area contributed by atoms with E-state index in [4.69, 9.17) is 11.6 Å². The van der Waals surface area contributed by atoms with Crippen molar-refractivity contribution in [3.05, 3.63) is 64.9 Å². The highest BCUT2D eigenvalue weighted by Crippen LogP contribution is 2.35. The van der Waals surface area contributed by atoms with E-state index in [9.17, 15) is 31.2 Å². The van der Waals surface area contributed by atoms with Gasteiger partial charge in [0.25, 0.3) is 10.2 Å². The van der Waals surface area contributed by atoms with E-state index in [1.165, 1.54) is 24.3 Å². The van der Waals surface area contributed by atoms with Gasteiger partial charge in [-0.25, -0.2) is 13.2 Å². The number of nitrogens with one attached hydrogen (secondary N) is 2. The van der Waals surface area contributed by atoms with E-state index in [0.717, 1.165) is 21.3 Å². The Labute approximate surface area is 217 Å². The molecule has 1 atom stereocenters. The predicted molar refractivity (Wildman–Crippen MR) is 132 cm³/mol. The van der Waals surface area contributed by atoms with Gasteiger partial charge in [-0.1, -0.05) is 35.9 Å². The summed E-state index contributed by atoms with van der Waals surface area (Å²) in [6.07, 6.45) is -0.700. The summed E-state index contributed by atoms with van der Waals surface area (Å²) in [6.45, 7) is -0.0658. The van der Waals surface area contributed by atoms with Crippen molar-refractivity contribution in [3.63, 3.8) is 0 Å². The molecule has 1 saturated carbocycles. The van der Waals surface area contributed by atoms with Crippen molar-refractivity contribution in [3.8, 4) is 0 Å². The lowest BCUT2D eigenvalue weighted by Gasteiger charge is -2.35. The van der Waals surface area contributed by atoms with Gasteiger partial charge in [0.15, 0.2) is 0 Å². The number of rotatable bonds is 9. The lowest BCUT2D eigenvalue weighted by Crippen LogP contribution is -2.50. The molecule has 1 heterocycles. The van der Waals surface area contributed by atoms with Gasteiger partial charge in [-0.15, -0.1) is 0 Å². The lowest BCUT2D eigenvalue weighted by molar-refractivity contribution is -0.127. The summed E-state index contributed by atoms with van der Waals surface area (Å²) in [5, 5.41) is 2.87. The number of anilines is 1. The molecule has 200 valence electrons. The van der Waals surface area contributed by atoms with Crippen molar-refractivity contribution >= 4 is 39.3 Å². The monoisotopic (exact) mass is 558 g/mol. The Kier molecular flexibility index (Phi) is 8.12. The second-order valence-corrected chi connectivity index (χ2v) is 11.2. The number of hydrogen-bond donors (Lipinski definition) is 2. The summed E-state index contributed by atoms with van der Waals surface area (Å²) in [5.41, 5.74) is 0.195. The standard InChI is InChI=1S/C24H26ClF3N4O4S/c25-20-7-2-1-6-19(20)22(23(34)30-17-8-10-24(27,28)11-9-17)32(18-5-3-4-16(26)14-18)21(33)15-29-37(35,36)31-12-13-31/h1-7,14,17,22,29H,8-13,15H2,(H,30,34)/t22-/m1/s1. The Bertz CT molecular complexity index is 1270. The van der Waals surface area contributed by atoms with Crippen molar-refractivity contribution in [2.24, 2.45) is 0 Å². The molecule has 2 fully saturated rings. The zero-order valence-electron chi connectivity index (χ0n) is 19.7. The van der Waals surface area contributed by atoms with Crippen LogP contribution in [0.3, 0.4) is 0 Å². The van der Waals surface area contributed by atoms with Crippen LogP contribution in [0.5, 0.6) is 0 Å². The van der Waals surface area contributed by atoms with Crippen LogP contribution in [0.25, 0.3) is 0 Å². The first-order valence-corrected chi connectivity index (χ1v) is 13.5. The third-order valence-corrected chi connectivity index (χ3v) is 8.18. The fraction of sp³-hybridized carbons (Fsp3) is 0.417. The van der Waals surface area contributed by atoms with Crippen LogP contribution in [0.1, 0.15) is 37.3 Å². The highest BCUT2D eigenvalue weighted by Gasteiger charge is 2.39. The molecule has 37 heavy (non-hydrogen) atoms. The SMILES string of the molecule is O=C(NC1CCC(F)(F)CC1)[C@@H](c1ccccc1Cl)N(C(=O)CNS(=O)(=O)N1CC1)c1cccc(F)c1. The largest absolute Gasteiger partial charge is 0.351 e. The number of benzene rings is 2. The molecule has 0 unspecified atom stereocenters. The van der Waals surface area contributed by atoms with E-state index in [1.54, 1.807) is 12.1 Å². The second-order valence-electron chi connectivity index (χ2n) is 9.03. The fourth-order valence-electron chi connectivity index (χ4n) is 4.23. The maximum absolute atomic E-state index is 14.2. The van der Waals surface area contributed by atoms with Crippen LogP contribution in [-0.4, -0.2) is 56.1 Å². The van der Waals surface area contributed by atoms with Gasteiger partial charge < -0.3 is 5.32 Å². The Morgan fingerprint density at radius 3 is 2.41 bits per heavy atom. The average molecular weight is 559 g/mol. The van der Waals surface area contributed by atoms with E-state index < -0.39 is 52.4 Å². The van der Waals surface area contributed by atoms with Crippen molar-refractivity contribution in [1.29, 1.82) is 0 Å². The number of alkyl halides is 2. The topological polar surface area (TPSA) is 98.6 Å². The molecule has 1 saturated heterocycles. The molecule has 0 radical (unpaired) electrons. The summed E-state index contributed by atoms with van der Waals surface area (Å²) >= 11 is 6.40. The predicted octanol–water partition coefficient (Wildman–Crippen LogP) is 3.40. The van der Waals surface area contributed by atoms with Gasteiger partial charge in [0, 0.05) is 48.2 Å². The molecule has 4 rings (SSSR count). The van der Waals surface area contributed by atoms with Crippen LogP contribution in [0.2, 0.25) is 5.02 Å². The molecule has 2 aromatic rings. The zero-order valence-corrected chi connectivity index (χ0v) is 21.2. The Morgan fingerprint density at radius 2 is 1.78 bits per heavy atom. The molecule has 13 heteroatoms. The Balaban J connectivity index is 1.69. The van der Waals surface area contributed by atoms with Gasteiger partial charge >= 0.3 is 0 Å². The van der Waals surface area contributed by atoms with Crippen molar-refractivity contribution in [1.82, 2.24) is 14.3 Å². The van der Waals surface area contributed by atoms with Gasteiger partial charge in [0.1, 0.15) is 11.9 Å². The van der Waals surface area contributed by atoms with Gasteiger partial charge in [-0.05, 0) is 37.1 Å².